The summed E-state index contributed by atoms with van der Waals surface area (Å²) in [6.45, 7) is 15.0. The monoisotopic (exact) mass is 480 g/mol. The van der Waals surface area contributed by atoms with Gasteiger partial charge in [-0.2, -0.15) is 0 Å². The second-order valence-electron chi connectivity index (χ2n) is 11.6. The van der Waals surface area contributed by atoms with Crippen molar-refractivity contribution in [1.29, 1.82) is 0 Å². The average Bonchev–Trinajstić information content (AvgIpc) is 3.20. The van der Waals surface area contributed by atoms with Gasteiger partial charge in [0.1, 0.15) is 17.2 Å². The molecule has 8 heteroatoms. The maximum Gasteiger partial charge on any atom is 0.410 e. The van der Waals surface area contributed by atoms with Gasteiger partial charge in [0.25, 0.3) is 0 Å². The molecule has 2 saturated heterocycles. The topological polar surface area (TPSA) is 97.9 Å². The van der Waals surface area contributed by atoms with Crippen LogP contribution in [0.1, 0.15) is 65.3 Å². The average molecular weight is 481 g/mol. The largest absolute Gasteiger partial charge is 0.459 e. The van der Waals surface area contributed by atoms with Crippen LogP contribution in [0.4, 0.5) is 4.79 Å². The lowest BCUT2D eigenvalue weighted by Crippen LogP contribution is -2.64. The zero-order valence-corrected chi connectivity index (χ0v) is 21.1. The number of para-hydroxylation sites is 1. The van der Waals surface area contributed by atoms with E-state index in [1.165, 1.54) is 0 Å². The van der Waals surface area contributed by atoms with E-state index in [0.29, 0.717) is 24.2 Å². The summed E-state index contributed by atoms with van der Waals surface area (Å²) in [4.78, 5) is 46.1. The number of nitrogens with one attached hydrogen (secondary N) is 1. The van der Waals surface area contributed by atoms with E-state index in [9.17, 15) is 14.4 Å². The van der Waals surface area contributed by atoms with Crippen LogP contribution in [-0.4, -0.2) is 51.3 Å². The number of piperidine rings is 1. The van der Waals surface area contributed by atoms with Gasteiger partial charge in [0.05, 0.1) is 5.69 Å². The minimum atomic E-state index is -1.69. The van der Waals surface area contributed by atoms with Gasteiger partial charge < -0.3 is 19.2 Å². The van der Waals surface area contributed by atoms with E-state index in [1.54, 1.807) is 31.7 Å². The van der Waals surface area contributed by atoms with Crippen LogP contribution in [0.2, 0.25) is 0 Å². The highest BCUT2D eigenvalue weighted by molar-refractivity contribution is 6.11. The number of benzene rings is 1. The molecule has 2 fully saturated rings. The van der Waals surface area contributed by atoms with E-state index < -0.39 is 52.2 Å². The fourth-order valence-corrected chi connectivity index (χ4v) is 6.04. The second kappa shape index (κ2) is 7.12. The molecule has 186 valence electrons. The lowest BCUT2D eigenvalue weighted by Gasteiger charge is -2.53. The van der Waals surface area contributed by atoms with Crippen molar-refractivity contribution in [3.63, 3.8) is 0 Å². The molecule has 1 N–H and O–H groups in total. The van der Waals surface area contributed by atoms with Crippen LogP contribution in [0.5, 0.6) is 0 Å². The summed E-state index contributed by atoms with van der Waals surface area (Å²) >= 11 is 0. The summed E-state index contributed by atoms with van der Waals surface area (Å²) in [6.07, 6.45) is 1.40. The molecular weight excluding hydrogens is 448 g/mol. The van der Waals surface area contributed by atoms with Crippen LogP contribution in [-0.2, 0) is 29.2 Å². The van der Waals surface area contributed by atoms with Gasteiger partial charge in [-0.3, -0.25) is 14.5 Å². The summed E-state index contributed by atoms with van der Waals surface area (Å²) in [5.41, 5.74) is -2.66. The Bertz CT molecular complexity index is 1260. The number of ether oxygens (including phenoxy) is 3. The minimum absolute atomic E-state index is 0.292. The number of hydrogen-bond acceptors (Lipinski definition) is 6. The van der Waals surface area contributed by atoms with E-state index in [-0.39, 0.29) is 0 Å². The Morgan fingerprint density at radius 1 is 1.14 bits per heavy atom. The third-order valence-corrected chi connectivity index (χ3v) is 7.14. The molecule has 1 aliphatic carbocycles. The highest BCUT2D eigenvalue weighted by Crippen LogP contribution is 2.65. The van der Waals surface area contributed by atoms with Crippen molar-refractivity contribution < 1.29 is 28.6 Å². The highest BCUT2D eigenvalue weighted by atomic mass is 16.6. The van der Waals surface area contributed by atoms with Crippen molar-refractivity contribution in [2.45, 2.75) is 76.2 Å². The summed E-state index contributed by atoms with van der Waals surface area (Å²) in [6, 6.07) is 6.85. The molecular formula is C27H32N2O6. The Morgan fingerprint density at radius 2 is 1.80 bits per heavy atom. The number of H-pyrrole nitrogens is 1. The molecule has 0 radical (unpaired) electrons. The number of aromatic amines is 1. The molecule has 8 nitrogen and oxygen atoms in total. The first-order chi connectivity index (χ1) is 16.3. The molecule has 1 aromatic heterocycles. The summed E-state index contributed by atoms with van der Waals surface area (Å²) in [7, 11) is 0. The first kappa shape index (κ1) is 23.5. The Morgan fingerprint density at radius 3 is 2.43 bits per heavy atom. The molecule has 1 aromatic carbocycles. The van der Waals surface area contributed by atoms with Gasteiger partial charge in [-0.05, 0) is 60.1 Å². The summed E-state index contributed by atoms with van der Waals surface area (Å²) in [5.74, 6) is -1.93. The van der Waals surface area contributed by atoms with E-state index >= 15 is 0 Å². The molecule has 0 spiro atoms. The lowest BCUT2D eigenvalue weighted by atomic mass is 9.56. The quantitative estimate of drug-likeness (QED) is 0.293. The summed E-state index contributed by atoms with van der Waals surface area (Å²) < 4.78 is 17.7. The van der Waals surface area contributed by atoms with Gasteiger partial charge in [-0.1, -0.05) is 24.8 Å². The maximum atomic E-state index is 13.9. The van der Waals surface area contributed by atoms with Crippen LogP contribution in [0, 0.1) is 5.92 Å². The van der Waals surface area contributed by atoms with E-state index in [2.05, 4.69) is 11.6 Å². The Balaban J connectivity index is 1.81. The van der Waals surface area contributed by atoms with Gasteiger partial charge in [0, 0.05) is 28.9 Å². The Kier molecular flexibility index (Phi) is 4.77. The summed E-state index contributed by atoms with van der Waals surface area (Å²) in [5, 5.41) is 0.805. The molecule has 2 aromatic rings. The van der Waals surface area contributed by atoms with Gasteiger partial charge >= 0.3 is 18.0 Å². The number of rotatable bonds is 2. The number of esters is 2. The number of carbonyl (C=O) groups excluding carboxylic acids is 3. The number of carbonyl (C=O) groups is 3. The van der Waals surface area contributed by atoms with Gasteiger partial charge in [0.2, 0.25) is 5.41 Å². The standard InChI is InChI=1S/C27H32N2O6/c1-8-26-17-13-14-29(23(32)35-25(5,6)7)20(26)18-15-11-9-10-12-16(15)28-19(18)27(17,22(31)34-26)21(30)33-24(2,3)4/h8-12,17,20,28H,1,13-14H2,2-7H3. The third-order valence-electron chi connectivity index (χ3n) is 7.14. The minimum Gasteiger partial charge on any atom is -0.459 e. The predicted molar refractivity (Wildman–Crippen MR) is 129 cm³/mol. The van der Waals surface area contributed by atoms with Crippen LogP contribution < -0.4 is 0 Å². The molecule has 2 aliphatic heterocycles. The van der Waals surface area contributed by atoms with Gasteiger partial charge in [-0.15, -0.1) is 0 Å². The maximum absolute atomic E-state index is 13.9. The smallest absolute Gasteiger partial charge is 0.410 e. The van der Waals surface area contributed by atoms with E-state index in [0.717, 1.165) is 10.9 Å². The fourth-order valence-electron chi connectivity index (χ4n) is 6.04. The third kappa shape index (κ3) is 3.08. The highest BCUT2D eigenvalue weighted by Gasteiger charge is 2.78. The Hall–Kier alpha value is -3.29. The number of likely N-dealkylation sites (tertiary alicyclic amines) is 1. The number of amides is 1. The molecule has 4 bridgehead atoms. The van der Waals surface area contributed by atoms with Crippen molar-refractivity contribution >= 4 is 28.9 Å². The molecule has 4 atom stereocenters. The Labute approximate surface area is 204 Å². The van der Waals surface area contributed by atoms with E-state index in [1.807, 2.05) is 45.0 Å². The SMILES string of the molecule is C=CC12OC(=O)C3(C(=O)OC(C)(C)C)c4[nH]c5ccccc5c4C1N(C(=O)OC(C)(C)C)CCC32. The molecule has 5 rings (SSSR count). The predicted octanol–water partition coefficient (Wildman–Crippen LogP) is 4.54. The second-order valence-corrected chi connectivity index (χ2v) is 11.6. The molecule has 4 unspecified atom stereocenters. The van der Waals surface area contributed by atoms with Crippen LogP contribution in [0.3, 0.4) is 0 Å². The normalized spacial score (nSPS) is 29.4. The lowest BCUT2D eigenvalue weighted by molar-refractivity contribution is -0.168. The van der Waals surface area contributed by atoms with Gasteiger partial charge in [-0.25, -0.2) is 4.79 Å². The first-order valence-electron chi connectivity index (χ1n) is 12.0. The van der Waals surface area contributed by atoms with Crippen molar-refractivity contribution in [3.05, 3.63) is 48.2 Å². The number of nitrogens with zero attached hydrogens (tertiary/aromatic N) is 1. The molecule has 0 saturated carbocycles. The van der Waals surface area contributed by atoms with Crippen molar-refractivity contribution in [3.8, 4) is 0 Å². The number of aromatic nitrogens is 1. The van der Waals surface area contributed by atoms with Crippen molar-refractivity contribution in [1.82, 2.24) is 9.88 Å². The zero-order valence-electron chi connectivity index (χ0n) is 21.1. The molecule has 3 aliphatic rings. The molecule has 1 amide bonds. The fraction of sp³-hybridized carbons (Fsp3) is 0.519. The van der Waals surface area contributed by atoms with E-state index in [4.69, 9.17) is 14.2 Å². The van der Waals surface area contributed by atoms with Gasteiger partial charge in [0.15, 0.2) is 5.60 Å². The molecule has 35 heavy (non-hydrogen) atoms. The number of fused-ring (bicyclic) bond motifs is 5. The van der Waals surface area contributed by atoms with Crippen LogP contribution >= 0.6 is 0 Å². The van der Waals surface area contributed by atoms with Crippen LogP contribution in [0.15, 0.2) is 36.9 Å². The van der Waals surface area contributed by atoms with Crippen LogP contribution in [0.25, 0.3) is 10.9 Å². The molecule has 3 heterocycles. The van der Waals surface area contributed by atoms with Crippen molar-refractivity contribution in [2.75, 3.05) is 6.54 Å². The first-order valence-corrected chi connectivity index (χ1v) is 12.0. The zero-order chi connectivity index (χ0) is 25.6. The van der Waals surface area contributed by atoms with Crippen molar-refractivity contribution in [2.24, 2.45) is 5.92 Å². The number of hydrogen-bond donors (Lipinski definition) is 1.